The lowest BCUT2D eigenvalue weighted by Crippen LogP contribution is -2.36. The summed E-state index contributed by atoms with van der Waals surface area (Å²) in [4.78, 5) is 12.3. The number of thioether (sulfide) groups is 1. The monoisotopic (exact) mass is 272 g/mol. The molecule has 1 aromatic carbocycles. The molecule has 0 aliphatic carbocycles. The van der Waals surface area contributed by atoms with Crippen molar-refractivity contribution >= 4 is 23.4 Å². The molecule has 0 spiro atoms. The highest BCUT2D eigenvalue weighted by atomic mass is 32.2. The fourth-order valence-electron chi connectivity index (χ4n) is 1.40. The molecule has 4 nitrogen and oxygen atoms in total. The lowest BCUT2D eigenvalue weighted by atomic mass is 10.3. The molecule has 0 radical (unpaired) electrons. The van der Waals surface area contributed by atoms with Crippen molar-refractivity contribution in [2.45, 2.75) is 17.9 Å². The Balaban J connectivity index is 2.42. The van der Waals surface area contributed by atoms with Crippen LogP contribution >= 0.6 is 11.8 Å². The molecule has 3 N–H and O–H groups in total. The first-order valence-electron chi connectivity index (χ1n) is 5.49. The number of nitrogens with one attached hydrogen (secondary N) is 1. The number of anilines is 1. The summed E-state index contributed by atoms with van der Waals surface area (Å²) in [6, 6.07) is 4.10. The molecular weight excluding hydrogens is 255 g/mol. The van der Waals surface area contributed by atoms with Gasteiger partial charge in [-0.05, 0) is 25.1 Å². The summed E-state index contributed by atoms with van der Waals surface area (Å²) in [6.45, 7) is 2.33. The molecule has 18 heavy (non-hydrogen) atoms. The van der Waals surface area contributed by atoms with Gasteiger partial charge in [-0.25, -0.2) is 4.39 Å². The van der Waals surface area contributed by atoms with Crippen LogP contribution in [0.3, 0.4) is 0 Å². The first-order chi connectivity index (χ1) is 8.52. The lowest BCUT2D eigenvalue weighted by molar-refractivity contribution is -0.119. The minimum atomic E-state index is -0.380. The van der Waals surface area contributed by atoms with Gasteiger partial charge in [0.1, 0.15) is 5.82 Å². The first-order valence-corrected chi connectivity index (χ1v) is 6.47. The minimum absolute atomic E-state index is 0.0336. The Morgan fingerprint density at radius 1 is 1.61 bits per heavy atom. The van der Waals surface area contributed by atoms with E-state index in [1.807, 2.05) is 6.92 Å². The van der Waals surface area contributed by atoms with Crippen molar-refractivity contribution in [3.63, 3.8) is 0 Å². The molecule has 0 bridgehead atoms. The number of carbonyl (C=O) groups excluding carboxylic acids is 1. The molecule has 0 aliphatic rings. The van der Waals surface area contributed by atoms with Crippen LogP contribution in [0, 0.1) is 5.82 Å². The average molecular weight is 272 g/mol. The van der Waals surface area contributed by atoms with Crippen molar-refractivity contribution in [1.29, 1.82) is 0 Å². The van der Waals surface area contributed by atoms with Gasteiger partial charge in [0.25, 0.3) is 0 Å². The van der Waals surface area contributed by atoms with Crippen LogP contribution in [0.2, 0.25) is 0 Å². The third kappa shape index (κ3) is 4.93. The van der Waals surface area contributed by atoms with Crippen LogP contribution in [-0.4, -0.2) is 31.4 Å². The predicted octanol–water partition coefficient (Wildman–Crippen LogP) is 1.65. The molecule has 0 aromatic heterocycles. The van der Waals surface area contributed by atoms with Crippen molar-refractivity contribution in [3.8, 4) is 0 Å². The van der Waals surface area contributed by atoms with Gasteiger partial charge in [-0.1, -0.05) is 0 Å². The second kappa shape index (κ2) is 7.23. The smallest absolute Gasteiger partial charge is 0.230 e. The molecular formula is C12H17FN2O2S. The molecule has 0 fully saturated rings. The Morgan fingerprint density at radius 2 is 2.33 bits per heavy atom. The van der Waals surface area contributed by atoms with Crippen molar-refractivity contribution in [2.75, 3.05) is 25.2 Å². The SMILES string of the molecule is COCC(C)NC(=O)CSc1ccc(F)cc1N. The molecule has 0 heterocycles. The van der Waals surface area contributed by atoms with Crippen molar-refractivity contribution in [3.05, 3.63) is 24.0 Å². The maximum absolute atomic E-state index is 12.8. The van der Waals surface area contributed by atoms with E-state index in [1.54, 1.807) is 13.2 Å². The number of halogens is 1. The minimum Gasteiger partial charge on any atom is -0.398 e. The third-order valence-electron chi connectivity index (χ3n) is 2.15. The Bertz CT molecular complexity index is 415. The van der Waals surface area contributed by atoms with Gasteiger partial charge < -0.3 is 15.8 Å². The van der Waals surface area contributed by atoms with Crippen LogP contribution in [0.15, 0.2) is 23.1 Å². The summed E-state index contributed by atoms with van der Waals surface area (Å²) >= 11 is 1.28. The summed E-state index contributed by atoms with van der Waals surface area (Å²) < 4.78 is 17.7. The van der Waals surface area contributed by atoms with Crippen LogP contribution in [0.25, 0.3) is 0 Å². The average Bonchev–Trinajstić information content (AvgIpc) is 2.28. The van der Waals surface area contributed by atoms with E-state index in [4.69, 9.17) is 10.5 Å². The van der Waals surface area contributed by atoms with Crippen molar-refractivity contribution in [1.82, 2.24) is 5.32 Å². The summed E-state index contributed by atoms with van der Waals surface area (Å²) in [7, 11) is 1.58. The third-order valence-corrected chi connectivity index (χ3v) is 3.24. The van der Waals surface area contributed by atoms with E-state index < -0.39 is 0 Å². The number of benzene rings is 1. The van der Waals surface area contributed by atoms with E-state index in [0.717, 1.165) is 0 Å². The highest BCUT2D eigenvalue weighted by Crippen LogP contribution is 2.25. The largest absolute Gasteiger partial charge is 0.398 e. The second-order valence-corrected chi connectivity index (χ2v) is 4.91. The molecule has 0 saturated heterocycles. The number of carbonyl (C=O) groups is 1. The number of nitrogen functional groups attached to an aromatic ring is 1. The highest BCUT2D eigenvalue weighted by molar-refractivity contribution is 8.00. The zero-order valence-corrected chi connectivity index (χ0v) is 11.2. The van der Waals surface area contributed by atoms with Crippen LogP contribution < -0.4 is 11.1 Å². The van der Waals surface area contributed by atoms with Crippen molar-refractivity contribution < 1.29 is 13.9 Å². The standard InChI is InChI=1S/C12H17FN2O2S/c1-8(6-17-2)15-12(16)7-18-11-4-3-9(13)5-10(11)14/h3-5,8H,6-7,14H2,1-2H3,(H,15,16). The summed E-state index contributed by atoms with van der Waals surface area (Å²) in [6.07, 6.45) is 0. The molecule has 0 aliphatic heterocycles. The van der Waals surface area contributed by atoms with Gasteiger partial charge >= 0.3 is 0 Å². The molecule has 1 amide bonds. The lowest BCUT2D eigenvalue weighted by Gasteiger charge is -2.12. The highest BCUT2D eigenvalue weighted by Gasteiger charge is 2.09. The summed E-state index contributed by atoms with van der Waals surface area (Å²) in [5, 5.41) is 2.78. The second-order valence-electron chi connectivity index (χ2n) is 3.89. The Labute approximate surface area is 110 Å². The normalized spacial score (nSPS) is 12.2. The quantitative estimate of drug-likeness (QED) is 0.610. The number of nitrogens with two attached hydrogens (primary N) is 1. The Morgan fingerprint density at radius 3 is 2.94 bits per heavy atom. The van der Waals surface area contributed by atoms with Crippen LogP contribution in [0.4, 0.5) is 10.1 Å². The van der Waals surface area contributed by atoms with Gasteiger partial charge in [-0.3, -0.25) is 4.79 Å². The number of hydrogen-bond donors (Lipinski definition) is 2. The topological polar surface area (TPSA) is 64.3 Å². The number of hydrogen-bond acceptors (Lipinski definition) is 4. The summed E-state index contributed by atoms with van der Waals surface area (Å²) in [5.74, 6) is -0.243. The van der Waals surface area contributed by atoms with Gasteiger partial charge in [0.15, 0.2) is 0 Å². The van der Waals surface area contributed by atoms with Crippen LogP contribution in [-0.2, 0) is 9.53 Å². The van der Waals surface area contributed by atoms with E-state index in [2.05, 4.69) is 5.32 Å². The molecule has 1 unspecified atom stereocenters. The van der Waals surface area contributed by atoms with Gasteiger partial charge in [0.2, 0.25) is 5.91 Å². The zero-order valence-electron chi connectivity index (χ0n) is 10.4. The number of rotatable bonds is 6. The molecule has 6 heteroatoms. The number of methoxy groups -OCH3 is 1. The van der Waals surface area contributed by atoms with Crippen molar-refractivity contribution in [2.24, 2.45) is 0 Å². The molecule has 0 saturated carbocycles. The van der Waals surface area contributed by atoms with Gasteiger partial charge in [-0.15, -0.1) is 11.8 Å². The van der Waals surface area contributed by atoms with Crippen LogP contribution in [0.1, 0.15) is 6.92 Å². The summed E-state index contributed by atoms with van der Waals surface area (Å²) in [5.41, 5.74) is 5.99. The van der Waals surface area contributed by atoms with E-state index >= 15 is 0 Å². The van der Waals surface area contributed by atoms with E-state index in [1.165, 1.54) is 23.9 Å². The Hall–Kier alpha value is -1.27. The van der Waals surface area contributed by atoms with Gasteiger partial charge in [-0.2, -0.15) is 0 Å². The van der Waals surface area contributed by atoms with Crippen LogP contribution in [0.5, 0.6) is 0 Å². The number of amides is 1. The maximum atomic E-state index is 12.8. The van der Waals surface area contributed by atoms with E-state index in [9.17, 15) is 9.18 Å². The Kier molecular flexibility index (Phi) is 5.94. The zero-order chi connectivity index (χ0) is 13.5. The van der Waals surface area contributed by atoms with E-state index in [0.29, 0.717) is 17.2 Å². The first kappa shape index (κ1) is 14.8. The van der Waals surface area contributed by atoms with E-state index in [-0.39, 0.29) is 23.5 Å². The van der Waals surface area contributed by atoms with Gasteiger partial charge in [0.05, 0.1) is 12.4 Å². The molecule has 1 atom stereocenters. The maximum Gasteiger partial charge on any atom is 0.230 e. The predicted molar refractivity (Wildman–Crippen MR) is 71.0 cm³/mol. The molecule has 100 valence electrons. The fraction of sp³-hybridized carbons (Fsp3) is 0.417. The molecule has 1 rings (SSSR count). The van der Waals surface area contributed by atoms with Gasteiger partial charge in [0, 0.05) is 23.7 Å². The fourth-order valence-corrected chi connectivity index (χ4v) is 2.16. The number of ether oxygens (including phenoxy) is 1. The molecule has 1 aromatic rings.